The Kier molecular flexibility index (Phi) is 5830. The van der Waals surface area contributed by atoms with Gasteiger partial charge in [-0.1, -0.05) is 0 Å². The summed E-state index contributed by atoms with van der Waals surface area (Å²) in [5.74, 6) is 0. The second kappa shape index (κ2) is 810. The minimum Gasteiger partial charge on any atom is -0.512 e. The Morgan fingerprint density at radius 3 is 0.122 bits per heavy atom. The van der Waals surface area contributed by atoms with Gasteiger partial charge in [-0.2, -0.15) is 0 Å². The molecule has 0 saturated carbocycles. The zero-order valence-corrected chi connectivity index (χ0v) is 24.3. The van der Waals surface area contributed by atoms with Gasteiger partial charge in [-0.25, -0.2) is 0 Å². The van der Waals surface area contributed by atoms with Crippen LogP contribution in [-0.2, 0) is 85.3 Å². The first-order valence-electron chi connectivity index (χ1n) is 4.02. The van der Waals surface area contributed by atoms with E-state index in [1.54, 1.807) is 0 Å². The molecule has 0 N–H and O–H groups in total. The largest absolute Gasteiger partial charge is 4.00 e. The van der Waals surface area contributed by atoms with Crippen molar-refractivity contribution in [1.82, 2.24) is 0 Å². The van der Waals surface area contributed by atoms with Crippen LogP contribution in [0, 0.1) is 213 Å². The topological polar surface area (TPSA) is 428 Å². The van der Waals surface area contributed by atoms with Gasteiger partial charge in [0.2, 0.25) is 0 Å². The molecule has 0 spiro atoms. The molecule has 0 aliphatic heterocycles. The quantitative estimate of drug-likeness (QED) is 0.251. The fourth-order valence-corrected chi connectivity index (χ4v) is 0. The Morgan fingerprint density at radius 2 is 0.122 bits per heavy atom. The molecule has 0 aromatic carbocycles. The first-order valence-corrected chi connectivity index (χ1v) is 4.02. The predicted octanol–water partition coefficient (Wildman–Crippen LogP) is 1.72. The first kappa shape index (κ1) is 295. The molecule has 2 radical (unpaired) electrons. The van der Waals surface area contributed by atoms with Crippen molar-refractivity contribution in [2.75, 3.05) is 0 Å². The van der Waals surface area contributed by atoms with Crippen LogP contribution >= 0.6 is 0 Å². The molecule has 23 heteroatoms. The van der Waals surface area contributed by atoms with E-state index in [0.717, 1.165) is 0 Å². The normalized spacial score (nSPS) is 0.878. The van der Waals surface area contributed by atoms with Crippen molar-refractivity contribution in [2.24, 2.45) is 0 Å². The molecule has 0 atom stereocenters. The van der Waals surface area contributed by atoms with Crippen molar-refractivity contribution in [3.63, 3.8) is 0 Å². The molecule has 0 rings (SSSR count). The summed E-state index contributed by atoms with van der Waals surface area (Å²) >= 11 is 0. The van der Waals surface area contributed by atoms with E-state index in [2.05, 4.69) is 0 Å². The zero-order chi connectivity index (χ0) is 36.0. The molecule has 0 aliphatic carbocycles. The van der Waals surface area contributed by atoms with Crippen LogP contribution in [0.25, 0.3) is 0 Å². The Hall–Kier alpha value is -6.58. The third-order valence-electron chi connectivity index (χ3n) is 0. The van der Waals surface area contributed by atoms with Gasteiger partial charge in [-0.05, 0) is 0 Å². The Bertz CT molecular complexity index is 369. The fraction of sp³-hybridized carbons (Fsp3) is 0. The molecule has 0 aromatic rings. The van der Waals surface area contributed by atoms with E-state index in [0.29, 0.717) is 0 Å². The molecule has 18 nitrogen and oxygen atoms in total. The molecule has 0 fully saturated rings. The SMILES string of the molecule is [C-]#N.[C-]#N.[C-]#N.[C-]#N.[C-]#N.[C-]#N.[C-]#N.[C-]#N.[C-]#N.[C-]#N.[C-]#N.[C-]#N.[C-]#N.[C-]#N.[C-]#N.[C-]#N.[C-]#N.[C-]#N.[Fe+3].[Fe+3].[Fe+4].[Fe+4].[Fe+4]. The van der Waals surface area contributed by atoms with Crippen LogP contribution in [-0.4, -0.2) is 0 Å². The maximum Gasteiger partial charge on any atom is 4.00 e. The van der Waals surface area contributed by atoms with E-state index in [1.807, 2.05) is 0 Å². The van der Waals surface area contributed by atoms with Crippen LogP contribution < -0.4 is 0 Å². The summed E-state index contributed by atoms with van der Waals surface area (Å²) < 4.78 is 0. The summed E-state index contributed by atoms with van der Waals surface area (Å²) in [6.07, 6.45) is 0. The van der Waals surface area contributed by atoms with Gasteiger partial charge in [0.15, 0.2) is 0 Å². The number of hydrogen-bond acceptors (Lipinski definition) is 18. The second-order valence-electron chi connectivity index (χ2n) is 0. The number of rotatable bonds is 0. The summed E-state index contributed by atoms with van der Waals surface area (Å²) in [6.45, 7) is 85.5. The molecule has 0 amide bonds. The predicted molar refractivity (Wildman–Crippen MR) is 89.4 cm³/mol. The average molecular weight is 748 g/mol. The second-order valence-corrected chi connectivity index (χ2v) is 0. The Balaban J connectivity index is -0.00000000396. The van der Waals surface area contributed by atoms with E-state index < -0.39 is 0 Å². The monoisotopic (exact) mass is 748 g/mol. The van der Waals surface area contributed by atoms with E-state index in [1.165, 1.54) is 0 Å². The molecule has 0 saturated heterocycles. The maximum absolute atomic E-state index is 6.25. The smallest absolute Gasteiger partial charge is 0.512 e. The fourth-order valence-electron chi connectivity index (χ4n) is 0. The zero-order valence-electron chi connectivity index (χ0n) is 18.8. The van der Waals surface area contributed by atoms with Crippen LogP contribution in [0.3, 0.4) is 0 Å². The summed E-state index contributed by atoms with van der Waals surface area (Å²) in [6, 6.07) is 0. The standard InChI is InChI=1S/18CN.5Fe/c18*1-2;;;;;/q18*-1;2*+3;3*+4. The molecule has 0 bridgehead atoms. The summed E-state index contributed by atoms with van der Waals surface area (Å²) in [4.78, 5) is 0. The summed E-state index contributed by atoms with van der Waals surface area (Å²) in [7, 11) is 0. The van der Waals surface area contributed by atoms with E-state index in [9.17, 15) is 0 Å². The van der Waals surface area contributed by atoms with Crippen LogP contribution in [0.15, 0.2) is 0 Å². The van der Waals surface area contributed by atoms with Crippen LogP contribution in [0.1, 0.15) is 0 Å². The van der Waals surface area contributed by atoms with Gasteiger partial charge in [0.05, 0.1) is 0 Å². The van der Waals surface area contributed by atoms with Crippen molar-refractivity contribution in [3.05, 3.63) is 118 Å². The molecule has 202 valence electrons. The van der Waals surface area contributed by atoms with Crippen molar-refractivity contribution >= 4 is 0 Å². The van der Waals surface area contributed by atoms with E-state index in [4.69, 9.17) is 213 Å². The Labute approximate surface area is 296 Å². The van der Waals surface area contributed by atoms with Crippen LogP contribution in [0.2, 0.25) is 0 Å². The minimum atomic E-state index is 0. The minimum absolute atomic E-state index is 0. The third-order valence-corrected chi connectivity index (χ3v) is 0. The molecule has 0 aromatic heterocycles. The first-order chi connectivity index (χ1) is 18.0. The van der Waals surface area contributed by atoms with E-state index >= 15 is 0 Å². The average Bonchev–Trinajstić information content (AvgIpc) is 3.13. The number of hydrogen-bond donors (Lipinski definition) is 0. The van der Waals surface area contributed by atoms with Crippen LogP contribution in [0.4, 0.5) is 0 Å². The van der Waals surface area contributed by atoms with Crippen molar-refractivity contribution < 1.29 is 85.3 Å². The van der Waals surface area contributed by atoms with Gasteiger partial charge >= 0.3 is 85.3 Å². The molecule has 41 heavy (non-hydrogen) atoms. The van der Waals surface area contributed by atoms with Gasteiger partial charge in [-0.3, -0.25) is 0 Å². The third kappa shape index (κ3) is 761. The van der Waals surface area contributed by atoms with Gasteiger partial charge in [0, 0.05) is 0 Å². The van der Waals surface area contributed by atoms with Crippen molar-refractivity contribution in [1.29, 1.82) is 94.7 Å². The molecule has 0 aliphatic rings. The Morgan fingerprint density at radius 1 is 0.122 bits per heavy atom. The summed E-state index contributed by atoms with van der Waals surface area (Å²) in [5.41, 5.74) is 0. The number of nitrogens with zero attached hydrogens (tertiary/aromatic N) is 18. The molecule has 0 unspecified atom stereocenters. The van der Waals surface area contributed by atoms with Gasteiger partial charge in [0.25, 0.3) is 0 Å². The summed E-state index contributed by atoms with van der Waals surface area (Å²) in [5, 5.41) is 112. The van der Waals surface area contributed by atoms with Gasteiger partial charge in [-0.15, -0.1) is 0 Å². The van der Waals surface area contributed by atoms with E-state index in [-0.39, 0.29) is 85.3 Å². The van der Waals surface area contributed by atoms with Crippen molar-refractivity contribution in [2.45, 2.75) is 0 Å². The van der Waals surface area contributed by atoms with Gasteiger partial charge in [0.1, 0.15) is 0 Å². The molecular formula is C18Fe5N18. The molecule has 0 heterocycles. The maximum atomic E-state index is 6.25. The van der Waals surface area contributed by atoms with Crippen LogP contribution in [0.5, 0.6) is 0 Å². The molecular weight excluding hydrogens is 748 g/mol. The van der Waals surface area contributed by atoms with Crippen molar-refractivity contribution in [3.8, 4) is 0 Å². The van der Waals surface area contributed by atoms with Gasteiger partial charge < -0.3 is 213 Å².